The summed E-state index contributed by atoms with van der Waals surface area (Å²) in [6.07, 6.45) is 10.2. The molecule has 2 nitrogen and oxygen atoms in total. The number of hydrogen-bond acceptors (Lipinski definition) is 4. The summed E-state index contributed by atoms with van der Waals surface area (Å²) in [7, 11) is 0. The highest BCUT2D eigenvalue weighted by atomic mass is 32.2. The summed E-state index contributed by atoms with van der Waals surface area (Å²) < 4.78 is 0. The number of hydrogen-bond donors (Lipinski definition) is 1. The van der Waals surface area contributed by atoms with Crippen molar-refractivity contribution in [3.8, 4) is 0 Å². The van der Waals surface area contributed by atoms with Gasteiger partial charge in [0, 0.05) is 26.9 Å². The van der Waals surface area contributed by atoms with Gasteiger partial charge in [-0.25, -0.2) is 0 Å². The standard InChI is InChI=1S/C21H23NOS3/c1-24-15-8-6-14(7-9-15)10-11-22-21(23)20-12-19-17(13-25-20)16-4-2-3-5-18(16)26-19/h6-9,12H,2-5,10-11,13H2,1H3,(H,22,23). The number of thioether (sulfide) groups is 2. The lowest BCUT2D eigenvalue weighted by atomic mass is 9.95. The summed E-state index contributed by atoms with van der Waals surface area (Å²) in [5.41, 5.74) is 4.36. The maximum absolute atomic E-state index is 12.5. The van der Waals surface area contributed by atoms with Crippen LogP contribution in [0.25, 0.3) is 6.08 Å². The van der Waals surface area contributed by atoms with E-state index in [4.69, 9.17) is 0 Å². The molecule has 0 fully saturated rings. The summed E-state index contributed by atoms with van der Waals surface area (Å²) in [5, 5.41) is 3.09. The maximum atomic E-state index is 12.5. The Kier molecular flexibility index (Phi) is 5.77. The predicted octanol–water partition coefficient (Wildman–Crippen LogP) is 5.30. The van der Waals surface area contributed by atoms with Crippen molar-refractivity contribution in [2.75, 3.05) is 12.8 Å². The van der Waals surface area contributed by atoms with Crippen LogP contribution in [0.4, 0.5) is 0 Å². The summed E-state index contributed by atoms with van der Waals surface area (Å²) in [5.74, 6) is 1.03. The van der Waals surface area contributed by atoms with Gasteiger partial charge in [0.2, 0.25) is 0 Å². The topological polar surface area (TPSA) is 29.1 Å². The van der Waals surface area contributed by atoms with E-state index in [9.17, 15) is 4.79 Å². The fourth-order valence-electron chi connectivity index (χ4n) is 3.57. The van der Waals surface area contributed by atoms with Gasteiger partial charge in [-0.2, -0.15) is 0 Å². The Hall–Kier alpha value is -1.17. The zero-order valence-electron chi connectivity index (χ0n) is 15.0. The van der Waals surface area contributed by atoms with Crippen LogP contribution in [-0.4, -0.2) is 18.7 Å². The van der Waals surface area contributed by atoms with Gasteiger partial charge in [-0.15, -0.1) is 34.9 Å². The van der Waals surface area contributed by atoms with Crippen LogP contribution < -0.4 is 5.32 Å². The Labute approximate surface area is 167 Å². The van der Waals surface area contributed by atoms with Crippen molar-refractivity contribution in [1.82, 2.24) is 5.32 Å². The molecule has 0 atom stereocenters. The molecular weight excluding hydrogens is 378 g/mol. The zero-order chi connectivity index (χ0) is 17.9. The lowest BCUT2D eigenvalue weighted by molar-refractivity contribution is -0.116. The van der Waals surface area contributed by atoms with E-state index in [0.717, 1.165) is 17.1 Å². The number of rotatable bonds is 5. The first-order valence-electron chi connectivity index (χ1n) is 9.13. The van der Waals surface area contributed by atoms with E-state index in [2.05, 4.69) is 41.9 Å². The zero-order valence-corrected chi connectivity index (χ0v) is 17.4. The smallest absolute Gasteiger partial charge is 0.257 e. The Balaban J connectivity index is 1.36. The number of benzene rings is 1. The molecule has 0 spiro atoms. The van der Waals surface area contributed by atoms with Crippen LogP contribution in [0.1, 0.15) is 39.3 Å². The predicted molar refractivity (Wildman–Crippen MR) is 115 cm³/mol. The number of nitrogens with one attached hydrogen (secondary N) is 1. The third-order valence-electron chi connectivity index (χ3n) is 5.03. The van der Waals surface area contributed by atoms with Gasteiger partial charge >= 0.3 is 0 Å². The molecule has 2 heterocycles. The van der Waals surface area contributed by atoms with Crippen molar-refractivity contribution in [3.05, 3.63) is 55.6 Å². The third kappa shape index (κ3) is 3.90. The molecule has 0 bridgehead atoms. The van der Waals surface area contributed by atoms with E-state index in [1.165, 1.54) is 46.6 Å². The molecular formula is C21H23NOS3. The van der Waals surface area contributed by atoms with Gasteiger partial charge in [-0.05, 0) is 73.3 Å². The second-order valence-corrected chi connectivity index (χ2v) is 9.74. The molecule has 5 heteroatoms. The van der Waals surface area contributed by atoms with E-state index in [1.54, 1.807) is 34.0 Å². The molecule has 26 heavy (non-hydrogen) atoms. The average Bonchev–Trinajstić information content (AvgIpc) is 3.06. The van der Waals surface area contributed by atoms with E-state index >= 15 is 0 Å². The van der Waals surface area contributed by atoms with Crippen molar-refractivity contribution in [1.29, 1.82) is 0 Å². The lowest BCUT2D eigenvalue weighted by Crippen LogP contribution is -2.26. The van der Waals surface area contributed by atoms with Crippen molar-refractivity contribution in [2.24, 2.45) is 0 Å². The molecule has 0 saturated carbocycles. The monoisotopic (exact) mass is 401 g/mol. The second kappa shape index (κ2) is 8.24. The summed E-state index contributed by atoms with van der Waals surface area (Å²) >= 11 is 5.36. The van der Waals surface area contributed by atoms with Gasteiger partial charge in [-0.3, -0.25) is 4.79 Å². The quantitative estimate of drug-likeness (QED) is 0.690. The molecule has 1 aromatic carbocycles. The largest absolute Gasteiger partial charge is 0.351 e. The van der Waals surface area contributed by atoms with E-state index in [0.29, 0.717) is 6.54 Å². The molecule has 1 N–H and O–H groups in total. The Morgan fingerprint density at radius 3 is 2.77 bits per heavy atom. The Bertz CT molecular complexity index is 836. The van der Waals surface area contributed by atoms with Crippen molar-refractivity contribution in [3.63, 3.8) is 0 Å². The minimum atomic E-state index is 0.0766. The van der Waals surface area contributed by atoms with E-state index < -0.39 is 0 Å². The molecule has 0 radical (unpaired) electrons. The molecule has 1 aliphatic carbocycles. The molecule has 1 aromatic heterocycles. The number of amides is 1. The molecule has 136 valence electrons. The van der Waals surface area contributed by atoms with Crippen LogP contribution in [0, 0.1) is 0 Å². The first-order chi connectivity index (χ1) is 12.7. The number of carbonyl (C=O) groups excluding carboxylic acids is 1. The van der Waals surface area contributed by atoms with Crippen molar-refractivity contribution in [2.45, 2.75) is 42.8 Å². The van der Waals surface area contributed by atoms with Gasteiger partial charge < -0.3 is 5.32 Å². The molecule has 0 unspecified atom stereocenters. The molecule has 2 aromatic rings. The Morgan fingerprint density at radius 1 is 1.15 bits per heavy atom. The highest BCUT2D eigenvalue weighted by Gasteiger charge is 2.24. The van der Waals surface area contributed by atoms with Crippen molar-refractivity contribution >= 4 is 46.8 Å². The van der Waals surface area contributed by atoms with Crippen LogP contribution in [0.5, 0.6) is 0 Å². The lowest BCUT2D eigenvalue weighted by Gasteiger charge is -2.16. The van der Waals surface area contributed by atoms with Crippen LogP contribution in [0.2, 0.25) is 0 Å². The number of carbonyl (C=O) groups is 1. The van der Waals surface area contributed by atoms with Crippen molar-refractivity contribution < 1.29 is 4.79 Å². The van der Waals surface area contributed by atoms with Gasteiger partial charge in [-0.1, -0.05) is 12.1 Å². The fourth-order valence-corrected chi connectivity index (χ4v) is 6.53. The van der Waals surface area contributed by atoms with Crippen LogP contribution in [-0.2, 0) is 29.8 Å². The average molecular weight is 402 g/mol. The van der Waals surface area contributed by atoms with Gasteiger partial charge in [0.1, 0.15) is 0 Å². The first-order valence-corrected chi connectivity index (χ1v) is 12.2. The number of fused-ring (bicyclic) bond motifs is 3. The van der Waals surface area contributed by atoms with Crippen LogP contribution in [0.3, 0.4) is 0 Å². The van der Waals surface area contributed by atoms with E-state index in [1.807, 2.05) is 11.3 Å². The van der Waals surface area contributed by atoms with Crippen LogP contribution in [0.15, 0.2) is 34.1 Å². The molecule has 4 rings (SSSR count). The minimum absolute atomic E-state index is 0.0766. The SMILES string of the molecule is CSc1ccc(CCNC(=O)C2=Cc3sc4c(c3CS2)CCCC4)cc1. The summed E-state index contributed by atoms with van der Waals surface area (Å²) in [6, 6.07) is 8.58. The molecule has 1 aliphatic heterocycles. The first kappa shape index (κ1) is 18.2. The van der Waals surface area contributed by atoms with Gasteiger partial charge in [0.15, 0.2) is 0 Å². The number of aryl methyl sites for hydroxylation is 1. The third-order valence-corrected chi connectivity index (χ3v) is 8.10. The molecule has 2 aliphatic rings. The van der Waals surface area contributed by atoms with Gasteiger partial charge in [0.25, 0.3) is 5.91 Å². The van der Waals surface area contributed by atoms with Gasteiger partial charge in [0.05, 0.1) is 4.91 Å². The summed E-state index contributed by atoms with van der Waals surface area (Å²) in [6.45, 7) is 0.684. The van der Waals surface area contributed by atoms with Crippen LogP contribution >= 0.6 is 34.9 Å². The summed E-state index contributed by atoms with van der Waals surface area (Å²) in [4.78, 5) is 17.6. The maximum Gasteiger partial charge on any atom is 0.257 e. The second-order valence-electron chi connectivity index (χ2n) is 6.70. The normalized spacial score (nSPS) is 15.8. The Morgan fingerprint density at radius 2 is 1.96 bits per heavy atom. The number of thiophene rings is 1. The molecule has 1 amide bonds. The van der Waals surface area contributed by atoms with E-state index in [-0.39, 0.29) is 5.91 Å². The highest BCUT2D eigenvalue weighted by Crippen LogP contribution is 2.42. The minimum Gasteiger partial charge on any atom is -0.351 e. The molecule has 0 saturated heterocycles. The highest BCUT2D eigenvalue weighted by molar-refractivity contribution is 8.03. The fraction of sp³-hybridized carbons (Fsp3) is 0.381.